The SMILES string of the molecule is CCCNC(=O)C(C)N(Cc1ccccc1F)C(=O)CSCc1ccc([N+](=O)[O-])cc1. The fourth-order valence-electron chi connectivity index (χ4n) is 2.84. The number of non-ortho nitro benzene ring substituents is 1. The van der Waals surface area contributed by atoms with Gasteiger partial charge in [-0.2, -0.15) is 0 Å². The molecule has 1 atom stereocenters. The number of carbonyl (C=O) groups excluding carboxylic acids is 2. The van der Waals surface area contributed by atoms with Crippen LogP contribution in [0.15, 0.2) is 48.5 Å². The number of benzene rings is 2. The molecule has 0 aliphatic rings. The molecule has 0 spiro atoms. The van der Waals surface area contributed by atoms with Crippen LogP contribution in [0.1, 0.15) is 31.4 Å². The van der Waals surface area contributed by atoms with Gasteiger partial charge in [0.15, 0.2) is 0 Å². The molecule has 2 rings (SSSR count). The molecular formula is C22H26FN3O4S. The lowest BCUT2D eigenvalue weighted by atomic mass is 10.1. The predicted molar refractivity (Wildman–Crippen MR) is 119 cm³/mol. The lowest BCUT2D eigenvalue weighted by Crippen LogP contribution is -2.48. The minimum absolute atomic E-state index is 0.00723. The maximum Gasteiger partial charge on any atom is 0.269 e. The molecule has 0 saturated carbocycles. The highest BCUT2D eigenvalue weighted by Gasteiger charge is 2.26. The van der Waals surface area contributed by atoms with E-state index >= 15 is 0 Å². The Balaban J connectivity index is 2.05. The molecule has 1 N–H and O–H groups in total. The summed E-state index contributed by atoms with van der Waals surface area (Å²) in [5.41, 5.74) is 1.19. The highest BCUT2D eigenvalue weighted by molar-refractivity contribution is 7.99. The van der Waals surface area contributed by atoms with Crippen LogP contribution in [0.3, 0.4) is 0 Å². The first-order chi connectivity index (χ1) is 14.8. The van der Waals surface area contributed by atoms with E-state index in [0.717, 1.165) is 12.0 Å². The monoisotopic (exact) mass is 447 g/mol. The van der Waals surface area contributed by atoms with Crippen LogP contribution in [0.25, 0.3) is 0 Å². The number of halogens is 1. The third kappa shape index (κ3) is 7.36. The zero-order valence-corrected chi connectivity index (χ0v) is 18.4. The zero-order chi connectivity index (χ0) is 22.8. The van der Waals surface area contributed by atoms with E-state index in [-0.39, 0.29) is 29.8 Å². The lowest BCUT2D eigenvalue weighted by Gasteiger charge is -2.29. The molecule has 9 heteroatoms. The summed E-state index contributed by atoms with van der Waals surface area (Å²) in [6.45, 7) is 4.05. The largest absolute Gasteiger partial charge is 0.354 e. The van der Waals surface area contributed by atoms with Crippen LogP contribution in [0.2, 0.25) is 0 Å². The van der Waals surface area contributed by atoms with Crippen molar-refractivity contribution in [3.8, 4) is 0 Å². The Morgan fingerprint density at radius 1 is 1.19 bits per heavy atom. The molecule has 1 unspecified atom stereocenters. The minimum atomic E-state index is -0.751. The van der Waals surface area contributed by atoms with Crippen molar-refractivity contribution in [1.29, 1.82) is 0 Å². The van der Waals surface area contributed by atoms with Gasteiger partial charge in [0.05, 0.1) is 10.7 Å². The van der Waals surface area contributed by atoms with Crippen molar-refractivity contribution in [1.82, 2.24) is 10.2 Å². The van der Waals surface area contributed by atoms with Crippen molar-refractivity contribution in [2.24, 2.45) is 0 Å². The lowest BCUT2D eigenvalue weighted by molar-refractivity contribution is -0.384. The summed E-state index contributed by atoms with van der Waals surface area (Å²) >= 11 is 1.33. The molecule has 7 nitrogen and oxygen atoms in total. The Morgan fingerprint density at radius 3 is 2.48 bits per heavy atom. The van der Waals surface area contributed by atoms with Gasteiger partial charge in [-0.1, -0.05) is 37.3 Å². The van der Waals surface area contributed by atoms with Crippen LogP contribution in [0, 0.1) is 15.9 Å². The quantitative estimate of drug-likeness (QED) is 0.416. The van der Waals surface area contributed by atoms with Crippen molar-refractivity contribution in [2.45, 2.75) is 38.6 Å². The number of rotatable bonds is 11. The van der Waals surface area contributed by atoms with Gasteiger partial charge in [0.2, 0.25) is 11.8 Å². The Kier molecular flexibility index (Phi) is 9.45. The number of hydrogen-bond donors (Lipinski definition) is 1. The van der Waals surface area contributed by atoms with E-state index in [1.807, 2.05) is 6.92 Å². The Morgan fingerprint density at radius 2 is 1.87 bits per heavy atom. The smallest absolute Gasteiger partial charge is 0.269 e. The van der Waals surface area contributed by atoms with Crippen LogP contribution in [0.5, 0.6) is 0 Å². The molecule has 0 heterocycles. The third-order valence-electron chi connectivity index (χ3n) is 4.66. The van der Waals surface area contributed by atoms with E-state index in [1.165, 1.54) is 34.9 Å². The average molecular weight is 448 g/mol. The van der Waals surface area contributed by atoms with E-state index < -0.39 is 16.8 Å². The fraction of sp³-hybridized carbons (Fsp3) is 0.364. The predicted octanol–water partition coefficient (Wildman–Crippen LogP) is 3.91. The fourth-order valence-corrected chi connectivity index (χ4v) is 3.71. The van der Waals surface area contributed by atoms with Gasteiger partial charge >= 0.3 is 0 Å². The highest BCUT2D eigenvalue weighted by atomic mass is 32.2. The van der Waals surface area contributed by atoms with E-state index in [2.05, 4.69) is 5.32 Å². The molecule has 0 saturated heterocycles. The highest BCUT2D eigenvalue weighted by Crippen LogP contribution is 2.19. The standard InChI is InChI=1S/C22H26FN3O4S/c1-3-12-24-22(28)16(2)25(13-18-6-4-5-7-20(18)23)21(27)15-31-14-17-8-10-19(11-9-17)26(29)30/h4-11,16H,3,12-15H2,1-2H3,(H,24,28). The summed E-state index contributed by atoms with van der Waals surface area (Å²) in [6, 6.07) is 11.6. The average Bonchev–Trinajstić information content (AvgIpc) is 2.76. The summed E-state index contributed by atoms with van der Waals surface area (Å²) in [6.07, 6.45) is 0.769. The van der Waals surface area contributed by atoms with Gasteiger partial charge in [0.25, 0.3) is 5.69 Å². The molecule has 0 aliphatic carbocycles. The number of carbonyl (C=O) groups is 2. The second kappa shape index (κ2) is 12.0. The van der Waals surface area contributed by atoms with E-state index in [9.17, 15) is 24.1 Å². The summed E-state index contributed by atoms with van der Waals surface area (Å²) in [4.78, 5) is 37.0. The minimum Gasteiger partial charge on any atom is -0.354 e. The van der Waals surface area contributed by atoms with Crippen molar-refractivity contribution in [3.05, 3.63) is 75.6 Å². The van der Waals surface area contributed by atoms with Gasteiger partial charge in [0.1, 0.15) is 11.9 Å². The van der Waals surface area contributed by atoms with Crippen molar-refractivity contribution >= 4 is 29.3 Å². The Bertz CT molecular complexity index is 908. The number of nitro groups is 1. The normalized spacial score (nSPS) is 11.6. The van der Waals surface area contributed by atoms with Gasteiger partial charge in [-0.3, -0.25) is 19.7 Å². The van der Waals surface area contributed by atoms with Crippen LogP contribution in [0.4, 0.5) is 10.1 Å². The van der Waals surface area contributed by atoms with E-state index in [4.69, 9.17) is 0 Å². The van der Waals surface area contributed by atoms with Crippen LogP contribution in [-0.4, -0.2) is 40.0 Å². The molecule has 2 aromatic rings. The summed E-state index contributed by atoms with van der Waals surface area (Å²) < 4.78 is 14.2. The molecule has 166 valence electrons. The second-order valence-corrected chi connectivity index (χ2v) is 7.98. The summed E-state index contributed by atoms with van der Waals surface area (Å²) in [5, 5.41) is 13.5. The summed E-state index contributed by atoms with van der Waals surface area (Å²) in [7, 11) is 0. The first-order valence-electron chi connectivity index (χ1n) is 9.95. The van der Waals surface area contributed by atoms with Gasteiger partial charge in [-0.25, -0.2) is 4.39 Å². The number of amides is 2. The molecule has 0 aliphatic heterocycles. The van der Waals surface area contributed by atoms with Crippen LogP contribution >= 0.6 is 11.8 Å². The molecule has 0 aromatic heterocycles. The first-order valence-corrected chi connectivity index (χ1v) is 11.1. The van der Waals surface area contributed by atoms with Gasteiger partial charge < -0.3 is 10.2 Å². The molecule has 0 fully saturated rings. The molecule has 31 heavy (non-hydrogen) atoms. The van der Waals surface area contributed by atoms with Crippen molar-refractivity contribution in [2.75, 3.05) is 12.3 Å². The Labute approximate surface area is 185 Å². The number of hydrogen-bond acceptors (Lipinski definition) is 5. The molecule has 2 aromatic carbocycles. The maximum atomic E-state index is 14.2. The maximum absolute atomic E-state index is 14.2. The molecule has 0 radical (unpaired) electrons. The van der Waals surface area contributed by atoms with E-state index in [0.29, 0.717) is 17.9 Å². The van der Waals surface area contributed by atoms with Crippen molar-refractivity contribution < 1.29 is 18.9 Å². The van der Waals surface area contributed by atoms with Gasteiger partial charge in [0, 0.05) is 36.5 Å². The van der Waals surface area contributed by atoms with Crippen LogP contribution < -0.4 is 5.32 Å². The topological polar surface area (TPSA) is 92.6 Å². The molecule has 2 amide bonds. The second-order valence-electron chi connectivity index (χ2n) is 7.00. The number of nitrogens with one attached hydrogen (secondary N) is 1. The molecular weight excluding hydrogens is 421 g/mol. The van der Waals surface area contributed by atoms with Gasteiger partial charge in [-0.05, 0) is 25.0 Å². The molecule has 0 bridgehead atoms. The summed E-state index contributed by atoms with van der Waals surface area (Å²) in [5.74, 6) is -0.425. The van der Waals surface area contributed by atoms with E-state index in [1.54, 1.807) is 37.3 Å². The van der Waals surface area contributed by atoms with Crippen molar-refractivity contribution in [3.63, 3.8) is 0 Å². The Hall–Kier alpha value is -2.94. The van der Waals surface area contributed by atoms with Gasteiger partial charge in [-0.15, -0.1) is 11.8 Å². The van der Waals surface area contributed by atoms with Crippen LogP contribution in [-0.2, 0) is 21.9 Å². The third-order valence-corrected chi connectivity index (χ3v) is 5.65. The number of nitro benzene ring substituents is 1. The number of nitrogens with zero attached hydrogens (tertiary/aromatic N) is 2. The first kappa shape index (κ1) is 24.3. The zero-order valence-electron chi connectivity index (χ0n) is 17.5. The number of thioether (sulfide) groups is 1.